The minimum atomic E-state index is -0.328. The standard InChI is InChI=1S/C16H18FNO2/c17-16-11-15(8-7-13(16)12-18)20-10-4-9-19-14-5-2-1-3-6-14/h1-3,5-8,11H,4,9-10,12,18H2. The van der Waals surface area contributed by atoms with Gasteiger partial charge in [0.05, 0.1) is 13.2 Å². The summed E-state index contributed by atoms with van der Waals surface area (Å²) < 4.78 is 24.5. The van der Waals surface area contributed by atoms with Crippen molar-refractivity contribution in [3.8, 4) is 11.5 Å². The van der Waals surface area contributed by atoms with E-state index in [0.717, 1.165) is 12.2 Å². The summed E-state index contributed by atoms with van der Waals surface area (Å²) in [6, 6.07) is 14.3. The molecule has 20 heavy (non-hydrogen) atoms. The number of nitrogens with two attached hydrogens (primary N) is 1. The van der Waals surface area contributed by atoms with Gasteiger partial charge < -0.3 is 15.2 Å². The van der Waals surface area contributed by atoms with Crippen LogP contribution in [-0.4, -0.2) is 13.2 Å². The van der Waals surface area contributed by atoms with E-state index in [1.165, 1.54) is 6.07 Å². The third-order valence-electron chi connectivity index (χ3n) is 2.81. The van der Waals surface area contributed by atoms with Gasteiger partial charge in [0.2, 0.25) is 0 Å². The lowest BCUT2D eigenvalue weighted by Crippen LogP contribution is -2.06. The van der Waals surface area contributed by atoms with Gasteiger partial charge in [-0.25, -0.2) is 4.39 Å². The highest BCUT2D eigenvalue weighted by Gasteiger charge is 2.02. The monoisotopic (exact) mass is 275 g/mol. The van der Waals surface area contributed by atoms with Crippen LogP contribution in [0, 0.1) is 5.82 Å². The molecule has 0 amide bonds. The van der Waals surface area contributed by atoms with Crippen LogP contribution in [0.4, 0.5) is 4.39 Å². The van der Waals surface area contributed by atoms with Gasteiger partial charge in [0.15, 0.2) is 0 Å². The smallest absolute Gasteiger partial charge is 0.131 e. The molecule has 4 heteroatoms. The Kier molecular flexibility index (Phi) is 5.38. The van der Waals surface area contributed by atoms with E-state index >= 15 is 0 Å². The van der Waals surface area contributed by atoms with Crippen LogP contribution in [0.5, 0.6) is 11.5 Å². The Morgan fingerprint density at radius 1 is 0.900 bits per heavy atom. The highest BCUT2D eigenvalue weighted by molar-refractivity contribution is 5.28. The second kappa shape index (κ2) is 7.50. The van der Waals surface area contributed by atoms with Crippen LogP contribution in [0.15, 0.2) is 48.5 Å². The van der Waals surface area contributed by atoms with Crippen LogP contribution in [0.1, 0.15) is 12.0 Å². The van der Waals surface area contributed by atoms with Gasteiger partial charge in [0.25, 0.3) is 0 Å². The highest BCUT2D eigenvalue weighted by Crippen LogP contribution is 2.16. The second-order valence-electron chi connectivity index (χ2n) is 4.32. The zero-order valence-corrected chi connectivity index (χ0v) is 11.2. The van der Waals surface area contributed by atoms with Crippen molar-refractivity contribution in [1.82, 2.24) is 0 Å². The summed E-state index contributed by atoms with van der Waals surface area (Å²) in [6.07, 6.45) is 0.731. The third kappa shape index (κ3) is 4.24. The Balaban J connectivity index is 1.69. The zero-order chi connectivity index (χ0) is 14.2. The summed E-state index contributed by atoms with van der Waals surface area (Å²) in [5, 5.41) is 0. The molecule has 3 nitrogen and oxygen atoms in total. The lowest BCUT2D eigenvalue weighted by Gasteiger charge is -2.09. The van der Waals surface area contributed by atoms with Crippen molar-refractivity contribution in [3.63, 3.8) is 0 Å². The number of hydrogen-bond acceptors (Lipinski definition) is 3. The van der Waals surface area contributed by atoms with Crippen molar-refractivity contribution in [2.24, 2.45) is 5.73 Å². The first-order chi connectivity index (χ1) is 9.79. The average Bonchev–Trinajstić information content (AvgIpc) is 2.48. The van der Waals surface area contributed by atoms with E-state index in [9.17, 15) is 4.39 Å². The molecule has 0 aromatic heterocycles. The molecule has 2 aromatic rings. The number of para-hydroxylation sites is 1. The molecule has 0 spiro atoms. The largest absolute Gasteiger partial charge is 0.493 e. The van der Waals surface area contributed by atoms with Crippen LogP contribution >= 0.6 is 0 Å². The molecule has 0 radical (unpaired) electrons. The molecule has 0 bridgehead atoms. The van der Waals surface area contributed by atoms with Crippen molar-refractivity contribution in [2.45, 2.75) is 13.0 Å². The molecule has 0 saturated heterocycles. The molecule has 0 saturated carbocycles. The van der Waals surface area contributed by atoms with E-state index in [-0.39, 0.29) is 12.4 Å². The predicted molar refractivity (Wildman–Crippen MR) is 76.3 cm³/mol. The van der Waals surface area contributed by atoms with Gasteiger partial charge in [-0.1, -0.05) is 24.3 Å². The fraction of sp³-hybridized carbons (Fsp3) is 0.250. The molecule has 2 rings (SSSR count). The lowest BCUT2D eigenvalue weighted by atomic mass is 10.2. The van der Waals surface area contributed by atoms with E-state index in [4.69, 9.17) is 15.2 Å². The summed E-state index contributed by atoms with van der Waals surface area (Å²) >= 11 is 0. The Morgan fingerprint density at radius 3 is 2.25 bits per heavy atom. The Bertz CT molecular complexity index is 531. The number of ether oxygens (including phenoxy) is 2. The lowest BCUT2D eigenvalue weighted by molar-refractivity contribution is 0.247. The molecule has 0 fully saturated rings. The van der Waals surface area contributed by atoms with Crippen molar-refractivity contribution in [2.75, 3.05) is 13.2 Å². The first-order valence-electron chi connectivity index (χ1n) is 6.59. The van der Waals surface area contributed by atoms with Crippen LogP contribution < -0.4 is 15.2 Å². The fourth-order valence-corrected chi connectivity index (χ4v) is 1.74. The molecular formula is C16H18FNO2. The van der Waals surface area contributed by atoms with Gasteiger partial charge in [-0.05, 0) is 18.2 Å². The maximum absolute atomic E-state index is 13.5. The molecule has 0 heterocycles. The molecule has 2 N–H and O–H groups in total. The zero-order valence-electron chi connectivity index (χ0n) is 11.2. The number of rotatable bonds is 7. The first-order valence-corrected chi connectivity index (χ1v) is 6.59. The van der Waals surface area contributed by atoms with Crippen LogP contribution in [0.2, 0.25) is 0 Å². The van der Waals surface area contributed by atoms with E-state index in [2.05, 4.69) is 0 Å². The summed E-state index contributed by atoms with van der Waals surface area (Å²) in [7, 11) is 0. The van der Waals surface area contributed by atoms with Crippen LogP contribution in [0.25, 0.3) is 0 Å². The van der Waals surface area contributed by atoms with Gasteiger partial charge in [-0.3, -0.25) is 0 Å². The van der Waals surface area contributed by atoms with Gasteiger partial charge in [0, 0.05) is 24.6 Å². The van der Waals surface area contributed by atoms with Crippen molar-refractivity contribution in [3.05, 3.63) is 59.9 Å². The summed E-state index contributed by atoms with van der Waals surface area (Å²) in [4.78, 5) is 0. The van der Waals surface area contributed by atoms with Crippen molar-refractivity contribution in [1.29, 1.82) is 0 Å². The molecule has 106 valence electrons. The van der Waals surface area contributed by atoms with Gasteiger partial charge >= 0.3 is 0 Å². The van der Waals surface area contributed by atoms with E-state index in [1.54, 1.807) is 12.1 Å². The Morgan fingerprint density at radius 2 is 1.60 bits per heavy atom. The summed E-state index contributed by atoms with van der Waals surface area (Å²) in [5.41, 5.74) is 5.89. The molecule has 0 aliphatic carbocycles. The minimum Gasteiger partial charge on any atom is -0.493 e. The van der Waals surface area contributed by atoms with Gasteiger partial charge in [-0.2, -0.15) is 0 Å². The molecule has 0 aliphatic heterocycles. The normalized spacial score (nSPS) is 10.3. The van der Waals surface area contributed by atoms with E-state index in [0.29, 0.717) is 24.5 Å². The number of hydrogen-bond donors (Lipinski definition) is 1. The SMILES string of the molecule is NCc1ccc(OCCCOc2ccccc2)cc1F. The predicted octanol–water partition coefficient (Wildman–Crippen LogP) is 3.13. The molecule has 0 aliphatic rings. The van der Waals surface area contributed by atoms with E-state index in [1.807, 2.05) is 30.3 Å². The Hall–Kier alpha value is -2.07. The topological polar surface area (TPSA) is 44.5 Å². The van der Waals surface area contributed by atoms with E-state index < -0.39 is 0 Å². The first kappa shape index (κ1) is 14.3. The van der Waals surface area contributed by atoms with Crippen LogP contribution in [-0.2, 0) is 6.54 Å². The molecule has 0 unspecified atom stereocenters. The minimum absolute atomic E-state index is 0.191. The summed E-state index contributed by atoms with van der Waals surface area (Å²) in [5.74, 6) is 1.02. The number of halogens is 1. The maximum Gasteiger partial charge on any atom is 0.131 e. The van der Waals surface area contributed by atoms with Gasteiger partial charge in [0.1, 0.15) is 17.3 Å². The number of benzene rings is 2. The quantitative estimate of drug-likeness (QED) is 0.790. The fourth-order valence-electron chi connectivity index (χ4n) is 1.74. The average molecular weight is 275 g/mol. The second-order valence-corrected chi connectivity index (χ2v) is 4.32. The third-order valence-corrected chi connectivity index (χ3v) is 2.81. The van der Waals surface area contributed by atoms with Crippen molar-refractivity contribution >= 4 is 0 Å². The molecular weight excluding hydrogens is 257 g/mol. The van der Waals surface area contributed by atoms with Gasteiger partial charge in [-0.15, -0.1) is 0 Å². The molecule has 0 atom stereocenters. The summed E-state index contributed by atoms with van der Waals surface area (Å²) in [6.45, 7) is 1.23. The van der Waals surface area contributed by atoms with Crippen LogP contribution in [0.3, 0.4) is 0 Å². The maximum atomic E-state index is 13.5. The Labute approximate surface area is 118 Å². The van der Waals surface area contributed by atoms with Crippen molar-refractivity contribution < 1.29 is 13.9 Å². The molecule has 2 aromatic carbocycles. The highest BCUT2D eigenvalue weighted by atomic mass is 19.1.